The fourth-order valence-electron chi connectivity index (χ4n) is 6.50. The van der Waals surface area contributed by atoms with Gasteiger partial charge in [0.1, 0.15) is 12.4 Å². The number of anilines is 1. The minimum atomic E-state index is -0.718. The van der Waals surface area contributed by atoms with Crippen molar-refractivity contribution >= 4 is 22.4 Å². The second-order valence-electron chi connectivity index (χ2n) is 11.5. The van der Waals surface area contributed by atoms with Gasteiger partial charge in [0, 0.05) is 56.4 Å². The highest BCUT2D eigenvalue weighted by Crippen LogP contribution is 2.37. The molecule has 0 bridgehead atoms. The molecule has 2 aromatic carbocycles. The van der Waals surface area contributed by atoms with Gasteiger partial charge in [0.2, 0.25) is 0 Å². The number of carboxylic acid groups (broad SMARTS) is 1. The maximum absolute atomic E-state index is 11.5. The van der Waals surface area contributed by atoms with Crippen molar-refractivity contribution < 1.29 is 19.4 Å². The predicted octanol–water partition coefficient (Wildman–Crippen LogP) is 5.84. The van der Waals surface area contributed by atoms with Gasteiger partial charge in [0.05, 0.1) is 11.6 Å². The van der Waals surface area contributed by atoms with E-state index in [2.05, 4.69) is 53.3 Å². The zero-order valence-electron chi connectivity index (χ0n) is 23.5. The molecule has 3 aliphatic heterocycles. The van der Waals surface area contributed by atoms with Crippen LogP contribution in [-0.2, 0) is 29.1 Å². The van der Waals surface area contributed by atoms with Crippen LogP contribution in [-0.4, -0.2) is 59.8 Å². The van der Waals surface area contributed by atoms with E-state index in [1.54, 1.807) is 11.3 Å². The van der Waals surface area contributed by atoms with Crippen LogP contribution >= 0.6 is 11.3 Å². The van der Waals surface area contributed by atoms with E-state index in [4.69, 9.17) is 14.5 Å². The van der Waals surface area contributed by atoms with Crippen LogP contribution < -0.4 is 9.64 Å². The number of nitrogens with zero attached hydrogens (tertiary/aromatic N) is 3. The highest BCUT2D eigenvalue weighted by Gasteiger charge is 2.28. The van der Waals surface area contributed by atoms with Gasteiger partial charge in [-0.3, -0.25) is 9.69 Å². The largest absolute Gasteiger partial charge is 0.488 e. The highest BCUT2D eigenvalue weighted by molar-refractivity contribution is 7.14. The third-order valence-electron chi connectivity index (χ3n) is 8.77. The second kappa shape index (κ2) is 11.9. The Hall–Kier alpha value is -2.94. The number of hydrogen-bond acceptors (Lipinski definition) is 7. The van der Waals surface area contributed by atoms with Crippen LogP contribution in [0.5, 0.6) is 5.75 Å². The van der Waals surface area contributed by atoms with E-state index in [0.717, 1.165) is 92.7 Å². The minimum absolute atomic E-state index is 0.330. The van der Waals surface area contributed by atoms with E-state index in [-0.39, 0.29) is 5.92 Å². The standard InChI is InChI=1S/C32H39N3O4S/c1-21-5-3-7-27(29-20-40-32(33-29)35-11-4-6-25(17-35)31(36)37)30(21)39-19-23-15-22(2)28-18-34(12-8-24(28)16-23)26-9-13-38-14-10-26/h3,5,7,15-16,20,25-26H,4,6,8-14,17-19H2,1-2H3,(H,36,37)/t25-/m0/s1. The number of aryl methyl sites for hydroxylation is 2. The number of piperidine rings is 1. The van der Waals surface area contributed by atoms with Crippen LogP contribution in [0.15, 0.2) is 35.7 Å². The molecule has 0 radical (unpaired) electrons. The molecule has 0 saturated carbocycles. The van der Waals surface area contributed by atoms with Gasteiger partial charge in [0.25, 0.3) is 0 Å². The van der Waals surface area contributed by atoms with E-state index < -0.39 is 5.97 Å². The Morgan fingerprint density at radius 3 is 2.83 bits per heavy atom. The molecule has 3 aliphatic rings. The van der Waals surface area contributed by atoms with Crippen LogP contribution in [0.3, 0.4) is 0 Å². The molecular weight excluding hydrogens is 522 g/mol. The Kier molecular flexibility index (Phi) is 8.10. The number of thiazole rings is 1. The summed E-state index contributed by atoms with van der Waals surface area (Å²) in [4.78, 5) is 21.2. The van der Waals surface area contributed by atoms with Crippen molar-refractivity contribution in [2.24, 2.45) is 5.92 Å². The third-order valence-corrected chi connectivity index (χ3v) is 9.67. The summed E-state index contributed by atoms with van der Waals surface area (Å²) in [5.41, 5.74) is 8.44. The first-order valence-electron chi connectivity index (χ1n) is 14.6. The van der Waals surface area contributed by atoms with Crippen molar-refractivity contribution in [1.29, 1.82) is 0 Å². The maximum atomic E-state index is 11.5. The molecule has 6 rings (SSSR count). The molecule has 0 amide bonds. The fraction of sp³-hybridized carbons (Fsp3) is 0.500. The average molecular weight is 562 g/mol. The first-order chi connectivity index (χ1) is 19.5. The molecule has 4 heterocycles. The molecule has 3 aromatic rings. The first-order valence-corrected chi connectivity index (χ1v) is 15.4. The van der Waals surface area contributed by atoms with E-state index in [1.165, 1.54) is 22.3 Å². The Bertz CT molecular complexity index is 1370. The second-order valence-corrected chi connectivity index (χ2v) is 12.3. The topological polar surface area (TPSA) is 75.1 Å². The van der Waals surface area contributed by atoms with Gasteiger partial charge in [-0.25, -0.2) is 4.98 Å². The summed E-state index contributed by atoms with van der Waals surface area (Å²) >= 11 is 1.58. The van der Waals surface area contributed by atoms with Crippen molar-refractivity contribution in [3.8, 4) is 17.0 Å². The zero-order chi connectivity index (χ0) is 27.6. The van der Waals surface area contributed by atoms with Crippen molar-refractivity contribution in [1.82, 2.24) is 9.88 Å². The molecule has 40 heavy (non-hydrogen) atoms. The SMILES string of the molecule is Cc1cc(COc2c(C)cccc2-c2csc(N3CCC[C@H](C(=O)O)C3)n2)cc2c1CN(C1CCOCC1)CC2. The third kappa shape index (κ3) is 5.76. The van der Waals surface area contributed by atoms with Gasteiger partial charge in [-0.2, -0.15) is 0 Å². The van der Waals surface area contributed by atoms with E-state index >= 15 is 0 Å². The Morgan fingerprint density at radius 1 is 1.15 bits per heavy atom. The molecule has 1 atom stereocenters. The van der Waals surface area contributed by atoms with Crippen LogP contribution in [0.1, 0.15) is 53.5 Å². The Labute approximate surface area is 240 Å². The predicted molar refractivity (Wildman–Crippen MR) is 158 cm³/mol. The average Bonchev–Trinajstić information content (AvgIpc) is 3.47. The molecule has 1 N–H and O–H groups in total. The molecule has 2 fully saturated rings. The number of para-hydroxylation sites is 1. The van der Waals surface area contributed by atoms with Crippen molar-refractivity contribution in [2.45, 2.75) is 65.1 Å². The lowest BCUT2D eigenvalue weighted by Gasteiger charge is -2.38. The molecule has 0 aliphatic carbocycles. The summed E-state index contributed by atoms with van der Waals surface area (Å²) < 4.78 is 12.1. The summed E-state index contributed by atoms with van der Waals surface area (Å²) in [6.45, 7) is 10.1. The van der Waals surface area contributed by atoms with Crippen molar-refractivity contribution in [3.63, 3.8) is 0 Å². The number of rotatable bonds is 7. The van der Waals surface area contributed by atoms with E-state index in [9.17, 15) is 9.90 Å². The van der Waals surface area contributed by atoms with Crippen LogP contribution in [0.2, 0.25) is 0 Å². The van der Waals surface area contributed by atoms with Crippen LogP contribution in [0.25, 0.3) is 11.3 Å². The highest BCUT2D eigenvalue weighted by atomic mass is 32.1. The lowest BCUT2D eigenvalue weighted by molar-refractivity contribution is -0.141. The summed E-state index contributed by atoms with van der Waals surface area (Å²) in [6, 6.07) is 11.5. The summed E-state index contributed by atoms with van der Waals surface area (Å²) in [7, 11) is 0. The molecule has 0 unspecified atom stereocenters. The Morgan fingerprint density at radius 2 is 2.00 bits per heavy atom. The number of carbonyl (C=O) groups is 1. The number of carboxylic acids is 1. The molecule has 2 saturated heterocycles. The molecule has 1 aromatic heterocycles. The van der Waals surface area contributed by atoms with E-state index in [1.807, 2.05) is 6.07 Å². The lowest BCUT2D eigenvalue weighted by Crippen LogP contribution is -2.42. The number of benzene rings is 2. The van der Waals surface area contributed by atoms with Gasteiger partial charge >= 0.3 is 5.97 Å². The van der Waals surface area contributed by atoms with Crippen molar-refractivity contribution in [2.75, 3.05) is 37.7 Å². The number of aromatic nitrogens is 1. The fourth-order valence-corrected chi connectivity index (χ4v) is 7.36. The molecule has 212 valence electrons. The summed E-state index contributed by atoms with van der Waals surface area (Å²) in [5, 5.41) is 12.4. The van der Waals surface area contributed by atoms with E-state index in [0.29, 0.717) is 19.2 Å². The van der Waals surface area contributed by atoms with Gasteiger partial charge in [-0.05, 0) is 79.8 Å². The van der Waals surface area contributed by atoms with Crippen LogP contribution in [0, 0.1) is 19.8 Å². The van der Waals surface area contributed by atoms with Gasteiger partial charge in [0.15, 0.2) is 5.13 Å². The number of ether oxygens (including phenoxy) is 2. The molecule has 0 spiro atoms. The minimum Gasteiger partial charge on any atom is -0.488 e. The van der Waals surface area contributed by atoms with Gasteiger partial charge in [-0.1, -0.05) is 24.3 Å². The van der Waals surface area contributed by atoms with Crippen molar-refractivity contribution in [3.05, 3.63) is 63.5 Å². The first kappa shape index (κ1) is 27.2. The quantitative estimate of drug-likeness (QED) is 0.388. The summed E-state index contributed by atoms with van der Waals surface area (Å²) in [5.74, 6) is -0.184. The number of hydrogen-bond donors (Lipinski definition) is 1. The Balaban J connectivity index is 1.17. The molecule has 8 heteroatoms. The summed E-state index contributed by atoms with van der Waals surface area (Å²) in [6.07, 6.45) is 4.97. The molecular formula is C32H39N3O4S. The molecule has 7 nitrogen and oxygen atoms in total. The number of fused-ring (bicyclic) bond motifs is 1. The zero-order valence-corrected chi connectivity index (χ0v) is 24.3. The monoisotopic (exact) mass is 561 g/mol. The maximum Gasteiger partial charge on any atom is 0.308 e. The smallest absolute Gasteiger partial charge is 0.308 e. The normalized spacial score (nSPS) is 20.4. The van der Waals surface area contributed by atoms with Crippen LogP contribution in [0.4, 0.5) is 5.13 Å². The van der Waals surface area contributed by atoms with Gasteiger partial charge in [-0.15, -0.1) is 11.3 Å². The number of aliphatic carboxylic acids is 1. The van der Waals surface area contributed by atoms with Gasteiger partial charge < -0.3 is 19.5 Å². The lowest BCUT2D eigenvalue weighted by atomic mass is 9.91.